The molecule has 1 aromatic rings. The average Bonchev–Trinajstić information content (AvgIpc) is 2.53. The largest absolute Gasteiger partial charge is 0.449 e. The first-order valence-corrected chi connectivity index (χ1v) is 5.70. The molecule has 16 heavy (non-hydrogen) atoms. The second-order valence-electron chi connectivity index (χ2n) is 4.16. The first-order chi connectivity index (χ1) is 7.71. The Hall–Kier alpha value is -1.13. The molecule has 3 heterocycles. The Morgan fingerprint density at radius 1 is 1.38 bits per heavy atom. The molecule has 0 bridgehead atoms. The number of pyridine rings is 1. The zero-order valence-corrected chi connectivity index (χ0v) is 9.38. The van der Waals surface area contributed by atoms with E-state index in [0.717, 1.165) is 25.9 Å². The number of piperidine rings is 1. The van der Waals surface area contributed by atoms with Crippen LogP contribution in [0.5, 0.6) is 0 Å². The summed E-state index contributed by atoms with van der Waals surface area (Å²) in [6, 6.07) is 3.32. The molecule has 1 fully saturated rings. The number of carbonyl (C=O) groups excluding carboxylic acids is 1. The maximum atomic E-state index is 11.7. The zero-order chi connectivity index (χ0) is 11.2. The van der Waals surface area contributed by atoms with Crippen LogP contribution in [0.3, 0.4) is 0 Å². The highest BCUT2D eigenvalue weighted by Gasteiger charge is 2.47. The van der Waals surface area contributed by atoms with Gasteiger partial charge in [-0.15, -0.1) is 0 Å². The minimum Gasteiger partial charge on any atom is -0.449 e. The predicted molar refractivity (Wildman–Crippen MR) is 58.4 cm³/mol. The summed E-state index contributed by atoms with van der Waals surface area (Å²) in [5.74, 6) is -0.277. The van der Waals surface area contributed by atoms with Crippen LogP contribution >= 0.6 is 11.6 Å². The molecule has 0 aliphatic carbocycles. The maximum Gasteiger partial charge on any atom is 0.341 e. The first-order valence-electron chi connectivity index (χ1n) is 5.32. The van der Waals surface area contributed by atoms with Crippen LogP contribution in [-0.2, 0) is 10.3 Å². The molecule has 0 amide bonds. The third-order valence-electron chi connectivity index (χ3n) is 3.21. The van der Waals surface area contributed by atoms with Gasteiger partial charge in [0.25, 0.3) is 0 Å². The molecule has 84 valence electrons. The summed E-state index contributed by atoms with van der Waals surface area (Å²) in [6.45, 7) is 1.67. The fourth-order valence-electron chi connectivity index (χ4n) is 2.40. The van der Waals surface area contributed by atoms with E-state index in [2.05, 4.69) is 10.3 Å². The molecule has 1 saturated heterocycles. The van der Waals surface area contributed by atoms with Crippen LogP contribution in [0.1, 0.15) is 28.9 Å². The van der Waals surface area contributed by atoms with Gasteiger partial charge >= 0.3 is 5.97 Å². The van der Waals surface area contributed by atoms with E-state index in [-0.39, 0.29) is 5.97 Å². The Kier molecular flexibility index (Phi) is 2.16. The topological polar surface area (TPSA) is 51.2 Å². The molecular formula is C11H11ClN2O2. The molecule has 1 aromatic heterocycles. The van der Waals surface area contributed by atoms with E-state index >= 15 is 0 Å². The van der Waals surface area contributed by atoms with E-state index in [1.54, 1.807) is 12.1 Å². The van der Waals surface area contributed by atoms with Gasteiger partial charge in [-0.3, -0.25) is 0 Å². The third kappa shape index (κ3) is 1.33. The van der Waals surface area contributed by atoms with Crippen molar-refractivity contribution in [1.82, 2.24) is 10.3 Å². The smallest absolute Gasteiger partial charge is 0.341 e. The first kappa shape index (κ1) is 10.1. The molecule has 0 saturated carbocycles. The zero-order valence-electron chi connectivity index (χ0n) is 8.62. The Morgan fingerprint density at radius 2 is 2.12 bits per heavy atom. The van der Waals surface area contributed by atoms with Gasteiger partial charge in [0, 0.05) is 12.8 Å². The number of hydrogen-bond acceptors (Lipinski definition) is 4. The van der Waals surface area contributed by atoms with Gasteiger partial charge in [-0.1, -0.05) is 11.6 Å². The van der Waals surface area contributed by atoms with Gasteiger partial charge in [-0.25, -0.2) is 9.78 Å². The van der Waals surface area contributed by atoms with Gasteiger partial charge in [0.15, 0.2) is 5.60 Å². The Bertz CT molecular complexity index is 455. The van der Waals surface area contributed by atoms with Crippen LogP contribution < -0.4 is 5.32 Å². The summed E-state index contributed by atoms with van der Waals surface area (Å²) in [4.78, 5) is 16.0. The maximum absolute atomic E-state index is 11.7. The van der Waals surface area contributed by atoms with E-state index in [1.807, 2.05) is 0 Å². The van der Waals surface area contributed by atoms with Crippen molar-refractivity contribution in [3.8, 4) is 0 Å². The molecule has 4 nitrogen and oxygen atoms in total. The molecular weight excluding hydrogens is 228 g/mol. The van der Waals surface area contributed by atoms with Crippen molar-refractivity contribution < 1.29 is 9.53 Å². The molecule has 2 aliphatic heterocycles. The molecule has 5 heteroatoms. The van der Waals surface area contributed by atoms with E-state index in [0.29, 0.717) is 16.4 Å². The lowest BCUT2D eigenvalue weighted by Crippen LogP contribution is -2.40. The van der Waals surface area contributed by atoms with Gasteiger partial charge in [0.2, 0.25) is 0 Å². The number of halogens is 1. The number of nitrogens with zero attached hydrogens (tertiary/aromatic N) is 1. The Labute approximate surface area is 98.0 Å². The van der Waals surface area contributed by atoms with Gasteiger partial charge in [-0.05, 0) is 25.2 Å². The van der Waals surface area contributed by atoms with E-state index in [1.165, 1.54) is 0 Å². The van der Waals surface area contributed by atoms with Crippen molar-refractivity contribution in [3.63, 3.8) is 0 Å². The van der Waals surface area contributed by atoms with E-state index < -0.39 is 5.60 Å². The third-order valence-corrected chi connectivity index (χ3v) is 3.42. The highest BCUT2D eigenvalue weighted by atomic mass is 35.5. The molecule has 0 radical (unpaired) electrons. The quantitative estimate of drug-likeness (QED) is 0.550. The van der Waals surface area contributed by atoms with E-state index in [9.17, 15) is 4.79 Å². The number of nitrogens with one attached hydrogen (secondary N) is 1. The summed E-state index contributed by atoms with van der Waals surface area (Å²) in [7, 11) is 0. The SMILES string of the molecule is O=C1OC2(CCNCC2)c2nc(Cl)ccc21. The van der Waals surface area contributed by atoms with Crippen LogP contribution in [-0.4, -0.2) is 24.0 Å². The van der Waals surface area contributed by atoms with Crippen molar-refractivity contribution in [2.75, 3.05) is 13.1 Å². The monoisotopic (exact) mass is 238 g/mol. The fraction of sp³-hybridized carbons (Fsp3) is 0.455. The molecule has 1 spiro atoms. The minimum atomic E-state index is -0.539. The second-order valence-corrected chi connectivity index (χ2v) is 4.55. The van der Waals surface area contributed by atoms with Crippen molar-refractivity contribution in [1.29, 1.82) is 0 Å². The fourth-order valence-corrected chi connectivity index (χ4v) is 2.55. The van der Waals surface area contributed by atoms with Crippen LogP contribution in [0.2, 0.25) is 5.15 Å². The summed E-state index contributed by atoms with van der Waals surface area (Å²) >= 11 is 5.88. The summed E-state index contributed by atoms with van der Waals surface area (Å²) in [5, 5.41) is 3.66. The van der Waals surface area contributed by atoms with Gasteiger partial charge in [0.05, 0.1) is 5.56 Å². The van der Waals surface area contributed by atoms with Crippen molar-refractivity contribution in [3.05, 3.63) is 28.5 Å². The molecule has 2 aliphatic rings. The number of ether oxygens (including phenoxy) is 1. The highest BCUT2D eigenvalue weighted by molar-refractivity contribution is 6.29. The molecule has 0 aromatic carbocycles. The highest BCUT2D eigenvalue weighted by Crippen LogP contribution is 2.41. The lowest BCUT2D eigenvalue weighted by Gasteiger charge is -2.32. The molecule has 1 N–H and O–H groups in total. The van der Waals surface area contributed by atoms with Crippen molar-refractivity contribution >= 4 is 17.6 Å². The lowest BCUT2D eigenvalue weighted by molar-refractivity contribution is -0.0260. The van der Waals surface area contributed by atoms with Crippen LogP contribution in [0, 0.1) is 0 Å². The summed E-state index contributed by atoms with van der Waals surface area (Å²) in [5.41, 5.74) is 0.737. The van der Waals surface area contributed by atoms with Crippen LogP contribution in [0.25, 0.3) is 0 Å². The van der Waals surface area contributed by atoms with Crippen molar-refractivity contribution in [2.24, 2.45) is 0 Å². The lowest BCUT2D eigenvalue weighted by atomic mass is 9.88. The standard InChI is InChI=1S/C11H11ClN2O2/c12-8-2-1-7-9(14-8)11(16-10(7)15)3-5-13-6-4-11/h1-2,13H,3-6H2. The second kappa shape index (κ2) is 3.43. The van der Waals surface area contributed by atoms with Gasteiger partial charge in [0.1, 0.15) is 10.8 Å². The molecule has 0 unspecified atom stereocenters. The van der Waals surface area contributed by atoms with Gasteiger partial charge < -0.3 is 10.1 Å². The molecule has 3 rings (SSSR count). The number of rotatable bonds is 0. The summed E-state index contributed by atoms with van der Waals surface area (Å²) in [6.07, 6.45) is 1.53. The van der Waals surface area contributed by atoms with Crippen molar-refractivity contribution in [2.45, 2.75) is 18.4 Å². The normalized spacial score (nSPS) is 21.9. The Morgan fingerprint density at radius 3 is 2.88 bits per heavy atom. The van der Waals surface area contributed by atoms with Crippen LogP contribution in [0.4, 0.5) is 0 Å². The number of aromatic nitrogens is 1. The average molecular weight is 239 g/mol. The summed E-state index contributed by atoms with van der Waals surface area (Å²) < 4.78 is 5.52. The Balaban J connectivity index is 2.12. The number of hydrogen-bond donors (Lipinski definition) is 1. The predicted octanol–water partition coefficient (Wildman–Crippen LogP) is 1.48. The number of esters is 1. The molecule has 0 atom stereocenters. The minimum absolute atomic E-state index is 0.277. The van der Waals surface area contributed by atoms with E-state index in [4.69, 9.17) is 16.3 Å². The number of carbonyl (C=O) groups is 1. The number of fused-ring (bicyclic) bond motifs is 2. The van der Waals surface area contributed by atoms with Gasteiger partial charge in [-0.2, -0.15) is 0 Å². The van der Waals surface area contributed by atoms with Crippen LogP contribution in [0.15, 0.2) is 12.1 Å².